The summed E-state index contributed by atoms with van der Waals surface area (Å²) in [6.45, 7) is 0.271. The molecule has 0 unspecified atom stereocenters. The Hall–Kier alpha value is -2.15. The summed E-state index contributed by atoms with van der Waals surface area (Å²) in [5.41, 5.74) is 1.15. The molecule has 0 saturated carbocycles. The van der Waals surface area contributed by atoms with Gasteiger partial charge in [0.2, 0.25) is 0 Å². The maximum Gasteiger partial charge on any atom is 0.270 e. The minimum absolute atomic E-state index is 0.0223. The first-order valence-corrected chi connectivity index (χ1v) is 6.81. The lowest BCUT2D eigenvalue weighted by Gasteiger charge is -2.11. The molecular formula is C14H12BrFN2O3. The van der Waals surface area contributed by atoms with Crippen LogP contribution in [-0.2, 0) is 6.54 Å². The third-order valence-electron chi connectivity index (χ3n) is 2.87. The Kier molecular flexibility index (Phi) is 4.74. The average Bonchev–Trinajstić information content (AvgIpc) is 2.47. The van der Waals surface area contributed by atoms with Crippen molar-refractivity contribution in [2.75, 3.05) is 12.4 Å². The summed E-state index contributed by atoms with van der Waals surface area (Å²) in [4.78, 5) is 10.3. The third kappa shape index (κ3) is 3.69. The second-order valence-electron chi connectivity index (χ2n) is 4.23. The van der Waals surface area contributed by atoms with Crippen LogP contribution >= 0.6 is 15.9 Å². The molecule has 0 fully saturated rings. The van der Waals surface area contributed by atoms with E-state index in [9.17, 15) is 14.5 Å². The molecule has 0 aliphatic heterocycles. The van der Waals surface area contributed by atoms with Crippen molar-refractivity contribution in [2.45, 2.75) is 6.54 Å². The summed E-state index contributed by atoms with van der Waals surface area (Å²) in [6, 6.07) is 8.61. The third-order valence-corrected chi connectivity index (χ3v) is 3.56. The normalized spacial score (nSPS) is 10.2. The topological polar surface area (TPSA) is 64.4 Å². The Morgan fingerprint density at radius 2 is 2.10 bits per heavy atom. The quantitative estimate of drug-likeness (QED) is 0.647. The highest BCUT2D eigenvalue weighted by Crippen LogP contribution is 2.27. The highest BCUT2D eigenvalue weighted by molar-refractivity contribution is 9.10. The van der Waals surface area contributed by atoms with Gasteiger partial charge in [0.05, 0.1) is 17.7 Å². The highest BCUT2D eigenvalue weighted by atomic mass is 79.9. The molecule has 2 aromatic carbocycles. The minimum Gasteiger partial charge on any atom is -0.496 e. The van der Waals surface area contributed by atoms with Crippen LogP contribution < -0.4 is 10.1 Å². The lowest BCUT2D eigenvalue weighted by atomic mass is 10.1. The maximum atomic E-state index is 13.2. The number of non-ortho nitro benzene ring substituents is 1. The number of hydrogen-bond acceptors (Lipinski definition) is 4. The van der Waals surface area contributed by atoms with Crippen LogP contribution in [-0.4, -0.2) is 12.0 Å². The van der Waals surface area contributed by atoms with Crippen molar-refractivity contribution in [1.82, 2.24) is 0 Å². The van der Waals surface area contributed by atoms with Gasteiger partial charge in [-0.3, -0.25) is 10.1 Å². The molecule has 1 N–H and O–H groups in total. The molecule has 110 valence electrons. The molecule has 0 bridgehead atoms. The van der Waals surface area contributed by atoms with E-state index in [1.807, 2.05) is 0 Å². The SMILES string of the molecule is COc1ccc([N+](=O)[O-])cc1CNc1cc(F)ccc1Br. The second kappa shape index (κ2) is 6.53. The van der Waals surface area contributed by atoms with Crippen molar-refractivity contribution in [2.24, 2.45) is 0 Å². The molecule has 21 heavy (non-hydrogen) atoms. The molecule has 0 atom stereocenters. The fourth-order valence-electron chi connectivity index (χ4n) is 1.84. The predicted molar refractivity (Wildman–Crippen MR) is 81.1 cm³/mol. The number of rotatable bonds is 5. The first kappa shape index (κ1) is 15.2. The number of anilines is 1. The van der Waals surface area contributed by atoms with E-state index in [0.717, 1.165) is 0 Å². The number of nitrogens with one attached hydrogen (secondary N) is 1. The highest BCUT2D eigenvalue weighted by Gasteiger charge is 2.11. The van der Waals surface area contributed by atoms with Crippen LogP contribution in [0.1, 0.15) is 5.56 Å². The molecule has 0 radical (unpaired) electrons. The number of hydrogen-bond donors (Lipinski definition) is 1. The van der Waals surface area contributed by atoms with Crippen molar-refractivity contribution < 1.29 is 14.1 Å². The zero-order chi connectivity index (χ0) is 15.4. The summed E-state index contributed by atoms with van der Waals surface area (Å²) in [5, 5.41) is 13.8. The molecule has 0 aliphatic rings. The Balaban J connectivity index is 2.24. The smallest absolute Gasteiger partial charge is 0.270 e. The lowest BCUT2D eigenvalue weighted by molar-refractivity contribution is -0.384. The van der Waals surface area contributed by atoms with Crippen molar-refractivity contribution in [3.05, 3.63) is 62.4 Å². The fraction of sp³-hybridized carbons (Fsp3) is 0.143. The summed E-state index contributed by atoms with van der Waals surface area (Å²) in [6.07, 6.45) is 0. The van der Waals surface area contributed by atoms with E-state index in [0.29, 0.717) is 21.5 Å². The van der Waals surface area contributed by atoms with Crippen LogP contribution in [0.15, 0.2) is 40.9 Å². The van der Waals surface area contributed by atoms with Gasteiger partial charge in [0, 0.05) is 28.7 Å². The molecule has 0 amide bonds. The van der Waals surface area contributed by atoms with Crippen LogP contribution in [0, 0.1) is 15.9 Å². The monoisotopic (exact) mass is 354 g/mol. The van der Waals surface area contributed by atoms with Crippen LogP contribution in [0.2, 0.25) is 0 Å². The first-order chi connectivity index (χ1) is 10.0. The van der Waals surface area contributed by atoms with Crippen LogP contribution in [0.25, 0.3) is 0 Å². The molecule has 0 aromatic heterocycles. The van der Waals surface area contributed by atoms with Gasteiger partial charge in [0.1, 0.15) is 11.6 Å². The molecule has 0 aliphatic carbocycles. The summed E-state index contributed by atoms with van der Waals surface area (Å²) in [7, 11) is 1.49. The van der Waals surface area contributed by atoms with Gasteiger partial charge in [-0.05, 0) is 40.2 Å². The number of nitro groups is 1. The van der Waals surface area contributed by atoms with E-state index >= 15 is 0 Å². The van der Waals surface area contributed by atoms with Gasteiger partial charge in [0.15, 0.2) is 0 Å². The zero-order valence-electron chi connectivity index (χ0n) is 11.1. The number of nitro benzene ring substituents is 1. The van der Waals surface area contributed by atoms with Gasteiger partial charge in [-0.2, -0.15) is 0 Å². The van der Waals surface area contributed by atoms with Gasteiger partial charge in [0.25, 0.3) is 5.69 Å². The second-order valence-corrected chi connectivity index (χ2v) is 5.09. The molecule has 0 spiro atoms. The van der Waals surface area contributed by atoms with E-state index in [2.05, 4.69) is 21.2 Å². The van der Waals surface area contributed by atoms with Gasteiger partial charge in [-0.1, -0.05) is 0 Å². The van der Waals surface area contributed by atoms with E-state index in [1.165, 1.54) is 37.4 Å². The Bertz CT molecular complexity index is 679. The van der Waals surface area contributed by atoms with E-state index in [-0.39, 0.29) is 18.0 Å². The van der Waals surface area contributed by atoms with Crippen LogP contribution in [0.5, 0.6) is 5.75 Å². The summed E-state index contributed by atoms with van der Waals surface area (Å²) >= 11 is 3.31. The molecule has 2 rings (SSSR count). The summed E-state index contributed by atoms with van der Waals surface area (Å²) < 4.78 is 19.1. The molecular weight excluding hydrogens is 343 g/mol. The Morgan fingerprint density at radius 3 is 2.76 bits per heavy atom. The van der Waals surface area contributed by atoms with E-state index < -0.39 is 4.92 Å². The van der Waals surface area contributed by atoms with Crippen molar-refractivity contribution in [3.63, 3.8) is 0 Å². The zero-order valence-corrected chi connectivity index (χ0v) is 12.7. The molecule has 0 heterocycles. The van der Waals surface area contributed by atoms with E-state index in [4.69, 9.17) is 4.74 Å². The van der Waals surface area contributed by atoms with Crippen molar-refractivity contribution in [3.8, 4) is 5.75 Å². The lowest BCUT2D eigenvalue weighted by Crippen LogP contribution is -2.03. The maximum absolute atomic E-state index is 13.2. The van der Waals surface area contributed by atoms with Gasteiger partial charge in [-0.15, -0.1) is 0 Å². The van der Waals surface area contributed by atoms with Crippen LogP contribution in [0.4, 0.5) is 15.8 Å². The minimum atomic E-state index is -0.471. The Labute approximate surface area is 129 Å². The van der Waals surface area contributed by atoms with E-state index in [1.54, 1.807) is 6.07 Å². The van der Waals surface area contributed by atoms with Gasteiger partial charge >= 0.3 is 0 Å². The average molecular weight is 355 g/mol. The summed E-state index contributed by atoms with van der Waals surface area (Å²) in [5.74, 6) is 0.160. The Morgan fingerprint density at radius 1 is 1.33 bits per heavy atom. The van der Waals surface area contributed by atoms with Crippen molar-refractivity contribution >= 4 is 27.3 Å². The van der Waals surface area contributed by atoms with Gasteiger partial charge < -0.3 is 10.1 Å². The standard InChI is InChI=1S/C14H12BrFN2O3/c1-21-14-5-3-11(18(19)20)6-9(14)8-17-13-7-10(16)2-4-12(13)15/h2-7,17H,8H2,1H3. The number of halogens is 2. The number of methoxy groups -OCH3 is 1. The molecule has 5 nitrogen and oxygen atoms in total. The number of benzene rings is 2. The largest absolute Gasteiger partial charge is 0.496 e. The van der Waals surface area contributed by atoms with Crippen LogP contribution in [0.3, 0.4) is 0 Å². The van der Waals surface area contributed by atoms with Gasteiger partial charge in [-0.25, -0.2) is 4.39 Å². The first-order valence-electron chi connectivity index (χ1n) is 6.01. The molecule has 7 heteroatoms. The fourth-order valence-corrected chi connectivity index (χ4v) is 2.23. The molecule has 0 saturated heterocycles. The number of nitrogens with zero attached hydrogens (tertiary/aromatic N) is 1. The predicted octanol–water partition coefficient (Wildman–Crippen LogP) is 4.12. The number of ether oxygens (including phenoxy) is 1. The van der Waals surface area contributed by atoms with Crippen molar-refractivity contribution in [1.29, 1.82) is 0 Å². The molecule has 2 aromatic rings.